The second kappa shape index (κ2) is 31.9. The molecule has 0 saturated carbocycles. The summed E-state index contributed by atoms with van der Waals surface area (Å²) in [5.74, 6) is 1.27. The molecule has 2 N–H and O–H groups in total. The number of aryl methyl sites for hydroxylation is 2. The zero-order valence-corrected chi connectivity index (χ0v) is 33.3. The largest absolute Gasteiger partial charge is 0.508 e. The highest BCUT2D eigenvalue weighted by molar-refractivity contribution is 5.32. The third kappa shape index (κ3) is 26.6. The smallest absolute Gasteiger partial charge is 0.343 e. The van der Waals surface area contributed by atoms with E-state index in [1.807, 2.05) is 19.9 Å². The summed E-state index contributed by atoms with van der Waals surface area (Å²) >= 11 is 0. The predicted octanol–water partition coefficient (Wildman–Crippen LogP) is 13.5. The third-order valence-corrected chi connectivity index (χ3v) is 9.65. The van der Waals surface area contributed by atoms with Crippen molar-refractivity contribution in [2.75, 3.05) is 0 Å². The van der Waals surface area contributed by atoms with E-state index < -0.39 is 11.3 Å². The summed E-state index contributed by atoms with van der Waals surface area (Å²) in [5.41, 5.74) is 0.613. The number of allylic oxidation sites excluding steroid dienone is 2. The van der Waals surface area contributed by atoms with E-state index in [1.54, 1.807) is 12.1 Å². The van der Waals surface area contributed by atoms with Gasteiger partial charge < -0.3 is 19.0 Å². The van der Waals surface area contributed by atoms with Crippen LogP contribution in [0.3, 0.4) is 0 Å². The summed E-state index contributed by atoms with van der Waals surface area (Å²) in [7, 11) is 0. The molecule has 0 aliphatic rings. The molecule has 0 unspecified atom stereocenters. The average Bonchev–Trinajstić information content (AvgIpc) is 3.08. The van der Waals surface area contributed by atoms with Gasteiger partial charge in [0.25, 0.3) is 0 Å². The minimum absolute atomic E-state index is 0.00550. The van der Waals surface area contributed by atoms with Gasteiger partial charge in [-0.15, -0.1) is 0 Å². The monoisotopic (exact) mass is 713 g/mol. The molecule has 0 amide bonds. The number of rotatable bonds is 30. The Labute approximate surface area is 311 Å². The Morgan fingerprint density at radius 2 is 0.902 bits per heavy atom. The van der Waals surface area contributed by atoms with E-state index in [0.717, 1.165) is 50.2 Å². The molecule has 6 heteroatoms. The number of hydrogen-bond acceptors (Lipinski definition) is 6. The quantitative estimate of drug-likeness (QED) is 0.0617. The van der Waals surface area contributed by atoms with Crippen LogP contribution in [-0.2, 0) is 19.3 Å². The molecule has 2 aromatic heterocycles. The molecule has 0 bridgehead atoms. The van der Waals surface area contributed by atoms with Crippen LogP contribution >= 0.6 is 0 Å². The molecular formula is C45H76O6. The number of unbranched alkanes of at least 4 members (excludes halogenated alkanes) is 24. The van der Waals surface area contributed by atoms with Crippen LogP contribution in [0.15, 0.2) is 48.3 Å². The highest BCUT2D eigenvalue weighted by atomic mass is 16.4. The lowest BCUT2D eigenvalue weighted by atomic mass is 10.0. The van der Waals surface area contributed by atoms with Crippen molar-refractivity contribution in [3.63, 3.8) is 0 Å². The van der Waals surface area contributed by atoms with Crippen LogP contribution in [0.25, 0.3) is 0 Å². The molecule has 0 atom stereocenters. The fourth-order valence-corrected chi connectivity index (χ4v) is 6.44. The lowest BCUT2D eigenvalue weighted by Gasteiger charge is -2.05. The van der Waals surface area contributed by atoms with Crippen LogP contribution in [0.4, 0.5) is 0 Å². The fraction of sp³-hybridized carbons (Fsp3) is 0.733. The van der Waals surface area contributed by atoms with Crippen molar-refractivity contribution in [3.8, 4) is 11.5 Å². The Bertz CT molecular complexity index is 1250. The fourth-order valence-electron chi connectivity index (χ4n) is 6.44. The predicted molar refractivity (Wildman–Crippen MR) is 215 cm³/mol. The molecule has 0 aliphatic carbocycles. The van der Waals surface area contributed by atoms with Crippen LogP contribution < -0.4 is 11.3 Å². The van der Waals surface area contributed by atoms with Crippen LogP contribution in [0, 0.1) is 0 Å². The molecule has 0 spiro atoms. The second-order valence-electron chi connectivity index (χ2n) is 14.9. The van der Waals surface area contributed by atoms with Crippen LogP contribution in [0.1, 0.15) is 212 Å². The van der Waals surface area contributed by atoms with Gasteiger partial charge in [0.05, 0.1) is 11.6 Å². The van der Waals surface area contributed by atoms with Gasteiger partial charge in [0, 0.05) is 31.4 Å². The first kappa shape index (κ1) is 46.3. The Morgan fingerprint density at radius 1 is 0.529 bits per heavy atom. The highest BCUT2D eigenvalue weighted by Gasteiger charge is 2.10. The Morgan fingerprint density at radius 3 is 1.25 bits per heavy atom. The standard InChI is InChI=1S/C25H42O3.C20H34O3/c1-4-5-6-7-8-9-10-11-12-13-14-15-16-17-22-20-24(26)23(25(27)28-22)19-18-21(2)3;1-2-3-4-5-6-7-8-9-10-11-12-13-14-15-19-16-18(21)17-20(22)23-19/h18,20,26H,4-17,19H2,1-3H3;16-17,21H,2-15H2,1H3. The summed E-state index contributed by atoms with van der Waals surface area (Å²) in [4.78, 5) is 23.2. The van der Waals surface area contributed by atoms with Crippen molar-refractivity contribution in [2.24, 2.45) is 0 Å². The Kier molecular flexibility index (Phi) is 29.0. The maximum Gasteiger partial charge on any atom is 0.343 e. The van der Waals surface area contributed by atoms with Gasteiger partial charge in [0.15, 0.2) is 0 Å². The minimum Gasteiger partial charge on any atom is -0.508 e. The van der Waals surface area contributed by atoms with Crippen LogP contribution in [0.2, 0.25) is 0 Å². The van der Waals surface area contributed by atoms with Crippen molar-refractivity contribution in [2.45, 2.75) is 214 Å². The van der Waals surface area contributed by atoms with Gasteiger partial charge in [0.1, 0.15) is 23.0 Å². The average molecular weight is 713 g/mol. The molecule has 2 aromatic rings. The first-order valence-corrected chi connectivity index (χ1v) is 21.1. The molecule has 0 aromatic carbocycles. The zero-order chi connectivity index (χ0) is 37.4. The molecule has 0 saturated heterocycles. The Balaban J connectivity index is 0.000000520. The lowest BCUT2D eigenvalue weighted by Crippen LogP contribution is -2.08. The first-order chi connectivity index (χ1) is 24.8. The van der Waals surface area contributed by atoms with E-state index in [0.29, 0.717) is 23.5 Å². The van der Waals surface area contributed by atoms with Crippen molar-refractivity contribution in [1.82, 2.24) is 0 Å². The summed E-state index contributed by atoms with van der Waals surface area (Å²) in [5, 5.41) is 19.4. The van der Waals surface area contributed by atoms with Gasteiger partial charge in [-0.1, -0.05) is 180 Å². The molecule has 2 heterocycles. The minimum atomic E-state index is -0.463. The van der Waals surface area contributed by atoms with Crippen LogP contribution in [0.5, 0.6) is 11.5 Å². The van der Waals surface area contributed by atoms with E-state index in [2.05, 4.69) is 13.8 Å². The van der Waals surface area contributed by atoms with Crippen molar-refractivity contribution in [1.29, 1.82) is 0 Å². The summed E-state index contributed by atoms with van der Waals surface area (Å²) in [6, 6.07) is 4.27. The number of hydrogen-bond donors (Lipinski definition) is 2. The topological polar surface area (TPSA) is 101 Å². The van der Waals surface area contributed by atoms with Crippen molar-refractivity contribution < 1.29 is 19.0 Å². The molecule has 0 radical (unpaired) electrons. The molecule has 0 aliphatic heterocycles. The number of aromatic hydroxyl groups is 2. The third-order valence-electron chi connectivity index (χ3n) is 9.65. The van der Waals surface area contributed by atoms with Crippen molar-refractivity contribution in [3.05, 3.63) is 67.8 Å². The van der Waals surface area contributed by atoms with E-state index in [-0.39, 0.29) is 11.5 Å². The summed E-state index contributed by atoms with van der Waals surface area (Å²) < 4.78 is 10.4. The molecule has 292 valence electrons. The van der Waals surface area contributed by atoms with E-state index >= 15 is 0 Å². The molecule has 6 nitrogen and oxygen atoms in total. The second-order valence-corrected chi connectivity index (χ2v) is 14.9. The van der Waals surface area contributed by atoms with Gasteiger partial charge in [-0.2, -0.15) is 0 Å². The van der Waals surface area contributed by atoms with Gasteiger partial charge in [-0.05, 0) is 26.7 Å². The molecule has 2 rings (SSSR count). The maximum absolute atomic E-state index is 12.1. The summed E-state index contributed by atoms with van der Waals surface area (Å²) in [6.45, 7) is 8.48. The maximum atomic E-state index is 12.1. The van der Waals surface area contributed by atoms with Crippen molar-refractivity contribution >= 4 is 0 Å². The highest BCUT2D eigenvalue weighted by Crippen LogP contribution is 2.19. The first-order valence-electron chi connectivity index (χ1n) is 21.1. The van der Waals surface area contributed by atoms with E-state index in [4.69, 9.17) is 8.83 Å². The molecule has 51 heavy (non-hydrogen) atoms. The molecular weight excluding hydrogens is 636 g/mol. The lowest BCUT2D eigenvalue weighted by molar-refractivity contribution is 0.409. The SMILES string of the molecule is CCCCCCCCCCCCCCCc1cc(O)c(CC=C(C)C)c(=O)o1.CCCCCCCCCCCCCCCc1cc(O)cc(=O)o1. The normalized spacial score (nSPS) is 11.0. The van der Waals surface area contributed by atoms with E-state index in [1.165, 1.54) is 141 Å². The Hall–Kier alpha value is -2.76. The zero-order valence-electron chi connectivity index (χ0n) is 33.3. The van der Waals surface area contributed by atoms with Gasteiger partial charge >= 0.3 is 11.3 Å². The van der Waals surface area contributed by atoms with E-state index in [9.17, 15) is 19.8 Å². The van der Waals surface area contributed by atoms with Gasteiger partial charge in [-0.25, -0.2) is 9.59 Å². The molecule has 0 fully saturated rings. The van der Waals surface area contributed by atoms with Crippen LogP contribution in [-0.4, -0.2) is 10.2 Å². The summed E-state index contributed by atoms with van der Waals surface area (Å²) in [6.07, 6.45) is 38.2. The van der Waals surface area contributed by atoms with Gasteiger partial charge in [0.2, 0.25) is 0 Å². The van der Waals surface area contributed by atoms with Gasteiger partial charge in [-0.3, -0.25) is 0 Å².